The normalized spacial score (nSPS) is 11.9. The van der Waals surface area contributed by atoms with Gasteiger partial charge in [0.2, 0.25) is 0 Å². The second-order valence-corrected chi connectivity index (χ2v) is 6.87. The molecule has 0 aromatic carbocycles. The van der Waals surface area contributed by atoms with Gasteiger partial charge in [0.15, 0.2) is 11.4 Å². The van der Waals surface area contributed by atoms with Gasteiger partial charge in [0, 0.05) is 25.1 Å². The van der Waals surface area contributed by atoms with Gasteiger partial charge in [-0.3, -0.25) is 4.79 Å². The fraction of sp³-hybridized carbons (Fsp3) is 0.714. The molecule has 0 spiro atoms. The first-order valence-electron chi connectivity index (χ1n) is 6.53. The average molecular weight is 284 g/mol. The first-order valence-corrected chi connectivity index (χ1v) is 7.35. The second kappa shape index (κ2) is 6.48. The van der Waals surface area contributed by atoms with E-state index in [2.05, 4.69) is 44.5 Å². The SMILES string of the molecule is COCCN(c1nc(C(C)(C)C)c(C=O)s1)C(C)C. The molecule has 0 atom stereocenters. The summed E-state index contributed by atoms with van der Waals surface area (Å²) in [4.78, 5) is 18.8. The van der Waals surface area contributed by atoms with Gasteiger partial charge in [0.1, 0.15) is 0 Å². The minimum absolute atomic E-state index is 0.116. The number of methoxy groups -OCH3 is 1. The Hall–Kier alpha value is -0.940. The Kier molecular flexibility index (Phi) is 5.50. The van der Waals surface area contributed by atoms with Crippen molar-refractivity contribution in [3.8, 4) is 0 Å². The summed E-state index contributed by atoms with van der Waals surface area (Å²) in [5, 5.41) is 0.902. The maximum atomic E-state index is 11.2. The molecule has 0 radical (unpaired) electrons. The van der Waals surface area contributed by atoms with Crippen LogP contribution in [0.3, 0.4) is 0 Å². The van der Waals surface area contributed by atoms with Crippen molar-refractivity contribution in [1.82, 2.24) is 4.98 Å². The molecule has 19 heavy (non-hydrogen) atoms. The molecule has 0 saturated heterocycles. The van der Waals surface area contributed by atoms with E-state index in [9.17, 15) is 4.79 Å². The van der Waals surface area contributed by atoms with Gasteiger partial charge in [0.05, 0.1) is 17.2 Å². The molecule has 0 aliphatic rings. The zero-order valence-electron chi connectivity index (χ0n) is 12.7. The fourth-order valence-corrected chi connectivity index (χ4v) is 3.07. The van der Waals surface area contributed by atoms with Crippen LogP contribution in [0, 0.1) is 0 Å². The monoisotopic (exact) mass is 284 g/mol. The molecule has 1 rings (SSSR count). The third kappa shape index (κ3) is 4.01. The number of nitrogens with zero attached hydrogens (tertiary/aromatic N) is 2. The first kappa shape index (κ1) is 16.1. The largest absolute Gasteiger partial charge is 0.383 e. The number of hydrogen-bond donors (Lipinski definition) is 0. The van der Waals surface area contributed by atoms with Crippen LogP contribution in [-0.4, -0.2) is 37.6 Å². The van der Waals surface area contributed by atoms with Gasteiger partial charge < -0.3 is 9.64 Å². The highest BCUT2D eigenvalue weighted by molar-refractivity contribution is 7.17. The third-order valence-electron chi connectivity index (χ3n) is 2.86. The van der Waals surface area contributed by atoms with Crippen LogP contribution in [0.15, 0.2) is 0 Å². The number of carbonyl (C=O) groups excluding carboxylic acids is 1. The molecule has 4 nitrogen and oxygen atoms in total. The Morgan fingerprint density at radius 1 is 1.42 bits per heavy atom. The number of carbonyl (C=O) groups is 1. The lowest BCUT2D eigenvalue weighted by atomic mass is 9.91. The Morgan fingerprint density at radius 2 is 2.05 bits per heavy atom. The summed E-state index contributed by atoms with van der Waals surface area (Å²) < 4.78 is 5.14. The van der Waals surface area contributed by atoms with Crippen molar-refractivity contribution in [2.75, 3.05) is 25.2 Å². The molecule has 0 fully saturated rings. The van der Waals surface area contributed by atoms with E-state index in [0.29, 0.717) is 12.6 Å². The molecule has 0 N–H and O–H groups in total. The number of thiazole rings is 1. The van der Waals surface area contributed by atoms with Gasteiger partial charge in [-0.15, -0.1) is 0 Å². The molecule has 1 aromatic rings. The van der Waals surface area contributed by atoms with Gasteiger partial charge in [-0.2, -0.15) is 0 Å². The average Bonchev–Trinajstić information content (AvgIpc) is 2.73. The van der Waals surface area contributed by atoms with Crippen molar-refractivity contribution in [3.05, 3.63) is 10.6 Å². The van der Waals surface area contributed by atoms with Gasteiger partial charge in [-0.25, -0.2) is 4.98 Å². The zero-order chi connectivity index (χ0) is 14.6. The third-order valence-corrected chi connectivity index (χ3v) is 3.88. The van der Waals surface area contributed by atoms with Crippen LogP contribution in [0.5, 0.6) is 0 Å². The molecule has 0 aliphatic heterocycles. The standard InChI is InChI=1S/C14H24N2O2S/c1-10(2)16(7-8-18-6)13-15-12(14(3,4)5)11(9-17)19-13/h9-10H,7-8H2,1-6H3. The second-order valence-electron chi connectivity index (χ2n) is 5.86. The van der Waals surface area contributed by atoms with Crippen LogP contribution in [0.1, 0.15) is 50.0 Å². The zero-order valence-corrected chi connectivity index (χ0v) is 13.5. The summed E-state index contributed by atoms with van der Waals surface area (Å²) in [6.07, 6.45) is 0.913. The smallest absolute Gasteiger partial charge is 0.186 e. The number of hydrogen-bond acceptors (Lipinski definition) is 5. The van der Waals surface area contributed by atoms with E-state index < -0.39 is 0 Å². The van der Waals surface area contributed by atoms with Crippen LogP contribution < -0.4 is 4.90 Å². The number of aldehydes is 1. The van der Waals surface area contributed by atoms with Crippen LogP contribution in [0.4, 0.5) is 5.13 Å². The van der Waals surface area contributed by atoms with Gasteiger partial charge in [-0.1, -0.05) is 32.1 Å². The lowest BCUT2D eigenvalue weighted by Gasteiger charge is -2.26. The molecule has 0 bridgehead atoms. The van der Waals surface area contributed by atoms with E-state index in [4.69, 9.17) is 4.74 Å². The van der Waals surface area contributed by atoms with E-state index in [1.54, 1.807) is 7.11 Å². The van der Waals surface area contributed by atoms with E-state index >= 15 is 0 Å². The van der Waals surface area contributed by atoms with Crippen molar-refractivity contribution in [2.24, 2.45) is 0 Å². The van der Waals surface area contributed by atoms with Crippen LogP contribution in [0.25, 0.3) is 0 Å². The Labute approximate surface area is 119 Å². The first-order chi connectivity index (χ1) is 8.81. The molecule has 1 aromatic heterocycles. The van der Waals surface area contributed by atoms with Crippen molar-refractivity contribution in [2.45, 2.75) is 46.1 Å². The maximum absolute atomic E-state index is 11.2. The summed E-state index contributed by atoms with van der Waals surface area (Å²) >= 11 is 1.46. The fourth-order valence-electron chi connectivity index (χ4n) is 1.82. The van der Waals surface area contributed by atoms with Gasteiger partial charge in [-0.05, 0) is 13.8 Å². The van der Waals surface area contributed by atoms with Crippen molar-refractivity contribution >= 4 is 22.8 Å². The van der Waals surface area contributed by atoms with E-state index in [1.165, 1.54) is 11.3 Å². The Bertz CT molecular complexity index is 422. The molecule has 1 heterocycles. The van der Waals surface area contributed by atoms with Crippen molar-refractivity contribution in [3.63, 3.8) is 0 Å². The molecule has 0 unspecified atom stereocenters. The van der Waals surface area contributed by atoms with E-state index in [-0.39, 0.29) is 5.41 Å². The summed E-state index contributed by atoms with van der Waals surface area (Å²) in [7, 11) is 1.69. The van der Waals surface area contributed by atoms with Gasteiger partial charge >= 0.3 is 0 Å². The highest BCUT2D eigenvalue weighted by Gasteiger charge is 2.25. The molecule has 0 aliphatic carbocycles. The summed E-state index contributed by atoms with van der Waals surface area (Å²) in [5.41, 5.74) is 0.764. The quantitative estimate of drug-likeness (QED) is 0.753. The number of anilines is 1. The summed E-state index contributed by atoms with van der Waals surface area (Å²) in [6, 6.07) is 0.327. The number of aromatic nitrogens is 1. The lowest BCUT2D eigenvalue weighted by Crippen LogP contribution is -2.33. The highest BCUT2D eigenvalue weighted by atomic mass is 32.1. The Balaban J connectivity index is 3.11. The minimum atomic E-state index is -0.116. The molecule has 0 saturated carbocycles. The van der Waals surface area contributed by atoms with E-state index in [0.717, 1.165) is 28.5 Å². The topological polar surface area (TPSA) is 42.4 Å². The van der Waals surface area contributed by atoms with Crippen LogP contribution >= 0.6 is 11.3 Å². The summed E-state index contributed by atoms with van der Waals surface area (Å²) in [5.74, 6) is 0. The van der Waals surface area contributed by atoms with Crippen molar-refractivity contribution in [1.29, 1.82) is 0 Å². The minimum Gasteiger partial charge on any atom is -0.383 e. The molecular weight excluding hydrogens is 260 g/mol. The lowest BCUT2D eigenvalue weighted by molar-refractivity contribution is 0.112. The van der Waals surface area contributed by atoms with Crippen molar-refractivity contribution < 1.29 is 9.53 Å². The number of ether oxygens (including phenoxy) is 1. The van der Waals surface area contributed by atoms with Crippen LogP contribution in [-0.2, 0) is 10.2 Å². The van der Waals surface area contributed by atoms with Gasteiger partial charge in [0.25, 0.3) is 0 Å². The van der Waals surface area contributed by atoms with E-state index in [1.807, 2.05) is 0 Å². The maximum Gasteiger partial charge on any atom is 0.186 e. The number of rotatable bonds is 6. The molecule has 5 heteroatoms. The predicted molar refractivity (Wildman–Crippen MR) is 80.6 cm³/mol. The van der Waals surface area contributed by atoms with Crippen LogP contribution in [0.2, 0.25) is 0 Å². The predicted octanol–water partition coefficient (Wildman–Crippen LogP) is 3.11. The summed E-state index contributed by atoms with van der Waals surface area (Å²) in [6.45, 7) is 11.9. The Morgan fingerprint density at radius 3 is 2.42 bits per heavy atom. The molecule has 0 amide bonds. The molecular formula is C14H24N2O2S. The highest BCUT2D eigenvalue weighted by Crippen LogP contribution is 2.33. The molecule has 108 valence electrons.